The normalized spacial score (nSPS) is 35.6. The number of imide groups is 1. The van der Waals surface area contributed by atoms with E-state index in [-0.39, 0.29) is 34.5 Å². The Balaban J connectivity index is 1.64. The molecule has 0 radical (unpaired) electrons. The van der Waals surface area contributed by atoms with Gasteiger partial charge in [0.25, 0.3) is 17.7 Å². The number of amides is 3. The maximum Gasteiger partial charge on any atom is 0.270 e. The lowest BCUT2D eigenvalue weighted by Crippen LogP contribution is -2.47. The lowest BCUT2D eigenvalue weighted by molar-refractivity contribution is -0.144. The van der Waals surface area contributed by atoms with E-state index in [2.05, 4.69) is 5.43 Å². The Morgan fingerprint density at radius 2 is 1.79 bits per heavy atom. The van der Waals surface area contributed by atoms with E-state index in [4.69, 9.17) is 0 Å². The quantitative estimate of drug-likeness (QED) is 0.811. The standard InChI is InChI=1S/C18H20N2O4/c1-16(2)12-8-9-17(3)14(23)20(15(24)18(12,16)17)19-13(22)10-4-6-11(21)7-5-10/h4-7,12,21H,8-9H2,1-3H3,(H,19,22)/t12-,17+,18+/m0/s1. The molecule has 1 aromatic rings. The lowest BCUT2D eigenvalue weighted by Gasteiger charge is -2.27. The topological polar surface area (TPSA) is 86.7 Å². The largest absolute Gasteiger partial charge is 0.508 e. The second-order valence-corrected chi connectivity index (χ2v) is 7.89. The molecule has 0 unspecified atom stereocenters. The molecule has 1 saturated heterocycles. The molecule has 24 heavy (non-hydrogen) atoms. The fourth-order valence-corrected chi connectivity index (χ4v) is 5.51. The van der Waals surface area contributed by atoms with Crippen molar-refractivity contribution in [3.63, 3.8) is 0 Å². The molecule has 2 saturated carbocycles. The van der Waals surface area contributed by atoms with E-state index in [1.165, 1.54) is 24.3 Å². The zero-order valence-corrected chi connectivity index (χ0v) is 13.9. The van der Waals surface area contributed by atoms with E-state index in [9.17, 15) is 19.5 Å². The number of carbonyl (C=O) groups is 3. The predicted octanol–water partition coefficient (Wildman–Crippen LogP) is 1.85. The maximum atomic E-state index is 13.1. The summed E-state index contributed by atoms with van der Waals surface area (Å²) >= 11 is 0. The summed E-state index contributed by atoms with van der Waals surface area (Å²) in [6.45, 7) is 5.92. The van der Waals surface area contributed by atoms with E-state index in [1.54, 1.807) is 0 Å². The van der Waals surface area contributed by atoms with Crippen LogP contribution in [0.2, 0.25) is 0 Å². The first-order valence-corrected chi connectivity index (χ1v) is 8.17. The summed E-state index contributed by atoms with van der Waals surface area (Å²) in [7, 11) is 0. The van der Waals surface area contributed by atoms with Gasteiger partial charge < -0.3 is 5.11 Å². The highest BCUT2D eigenvalue weighted by molar-refractivity contribution is 6.14. The van der Waals surface area contributed by atoms with Crippen molar-refractivity contribution in [2.45, 2.75) is 33.6 Å². The number of hydrogen-bond acceptors (Lipinski definition) is 4. The minimum atomic E-state index is -0.736. The highest BCUT2D eigenvalue weighted by Crippen LogP contribution is 2.85. The van der Waals surface area contributed by atoms with Crippen molar-refractivity contribution in [1.82, 2.24) is 10.4 Å². The Morgan fingerprint density at radius 3 is 2.33 bits per heavy atom. The third kappa shape index (κ3) is 1.41. The van der Waals surface area contributed by atoms with Crippen LogP contribution in [0.3, 0.4) is 0 Å². The van der Waals surface area contributed by atoms with Gasteiger partial charge in [0.1, 0.15) is 5.75 Å². The zero-order valence-electron chi connectivity index (χ0n) is 13.9. The van der Waals surface area contributed by atoms with Gasteiger partial charge >= 0.3 is 0 Å². The van der Waals surface area contributed by atoms with Gasteiger partial charge in [0, 0.05) is 5.56 Å². The fourth-order valence-electron chi connectivity index (χ4n) is 5.51. The van der Waals surface area contributed by atoms with Gasteiger partial charge in [-0.2, -0.15) is 5.01 Å². The first-order chi connectivity index (χ1) is 11.2. The molecule has 4 rings (SSSR count). The van der Waals surface area contributed by atoms with Crippen molar-refractivity contribution in [3.05, 3.63) is 29.8 Å². The molecule has 3 fully saturated rings. The maximum absolute atomic E-state index is 13.1. The van der Waals surface area contributed by atoms with E-state index < -0.39 is 16.7 Å². The minimum Gasteiger partial charge on any atom is -0.508 e. The van der Waals surface area contributed by atoms with Crippen LogP contribution in [-0.2, 0) is 9.59 Å². The third-order valence-corrected chi connectivity index (χ3v) is 6.69. The molecule has 3 aliphatic rings. The predicted molar refractivity (Wildman–Crippen MR) is 84.5 cm³/mol. The molecule has 2 aliphatic carbocycles. The zero-order chi connectivity index (χ0) is 17.5. The Morgan fingerprint density at radius 1 is 1.17 bits per heavy atom. The van der Waals surface area contributed by atoms with Gasteiger partial charge in [-0.1, -0.05) is 13.8 Å². The molecule has 6 nitrogen and oxygen atoms in total. The van der Waals surface area contributed by atoms with Gasteiger partial charge in [0.15, 0.2) is 0 Å². The molecule has 126 valence electrons. The summed E-state index contributed by atoms with van der Waals surface area (Å²) in [5.74, 6) is -0.889. The van der Waals surface area contributed by atoms with E-state index >= 15 is 0 Å². The van der Waals surface area contributed by atoms with E-state index in [1.807, 2.05) is 20.8 Å². The SMILES string of the molecule is CC1(C)[C@@H]2CC[C@]3(C)C(=O)N(NC(=O)c4ccc(O)cc4)C(=O)[C@]213. The van der Waals surface area contributed by atoms with Gasteiger partial charge in [-0.3, -0.25) is 19.8 Å². The summed E-state index contributed by atoms with van der Waals surface area (Å²) in [5.41, 5.74) is 1.11. The number of nitrogens with zero attached hydrogens (tertiary/aromatic N) is 1. The number of nitrogens with one attached hydrogen (secondary N) is 1. The van der Waals surface area contributed by atoms with Gasteiger partial charge in [0.05, 0.1) is 10.8 Å². The summed E-state index contributed by atoms with van der Waals surface area (Å²) < 4.78 is 0. The average Bonchev–Trinajstić information content (AvgIpc) is 2.78. The second kappa shape index (κ2) is 4.18. The fraction of sp³-hybridized carbons (Fsp3) is 0.500. The van der Waals surface area contributed by atoms with E-state index in [0.717, 1.165) is 11.4 Å². The van der Waals surface area contributed by atoms with Crippen molar-refractivity contribution in [2.75, 3.05) is 0 Å². The summed E-state index contributed by atoms with van der Waals surface area (Å²) in [5, 5.41) is 10.2. The van der Waals surface area contributed by atoms with Crippen LogP contribution in [0.5, 0.6) is 5.75 Å². The van der Waals surface area contributed by atoms with Crippen molar-refractivity contribution in [3.8, 4) is 5.75 Å². The number of hydrogen-bond donors (Lipinski definition) is 2. The highest BCUT2D eigenvalue weighted by Gasteiger charge is 2.90. The highest BCUT2D eigenvalue weighted by atomic mass is 16.3. The Labute approximate surface area is 139 Å². The van der Waals surface area contributed by atoms with Crippen LogP contribution in [0, 0.1) is 22.2 Å². The molecule has 3 atom stereocenters. The molecule has 0 aromatic heterocycles. The molecule has 1 aliphatic heterocycles. The molecule has 6 heteroatoms. The van der Waals surface area contributed by atoms with Gasteiger partial charge in [-0.25, -0.2) is 0 Å². The molecule has 1 aromatic carbocycles. The van der Waals surface area contributed by atoms with Gasteiger partial charge in [-0.15, -0.1) is 0 Å². The number of phenols is 1. The Bertz CT molecular complexity index is 785. The first kappa shape index (κ1) is 15.2. The lowest BCUT2D eigenvalue weighted by atomic mass is 9.71. The summed E-state index contributed by atoms with van der Waals surface area (Å²) in [6, 6.07) is 5.66. The summed E-state index contributed by atoms with van der Waals surface area (Å²) in [4.78, 5) is 38.3. The van der Waals surface area contributed by atoms with Crippen LogP contribution in [-0.4, -0.2) is 27.8 Å². The second-order valence-electron chi connectivity index (χ2n) is 7.89. The van der Waals surface area contributed by atoms with Crippen molar-refractivity contribution in [2.24, 2.45) is 22.2 Å². The van der Waals surface area contributed by atoms with Crippen LogP contribution >= 0.6 is 0 Å². The number of rotatable bonds is 2. The van der Waals surface area contributed by atoms with Crippen LogP contribution in [0.4, 0.5) is 0 Å². The Hall–Kier alpha value is -2.37. The number of benzene rings is 1. The minimum absolute atomic E-state index is 0.0448. The molecular weight excluding hydrogens is 308 g/mol. The molecular formula is C18H20N2O4. The smallest absolute Gasteiger partial charge is 0.270 e. The van der Waals surface area contributed by atoms with E-state index in [0.29, 0.717) is 6.42 Å². The molecule has 1 spiro atoms. The van der Waals surface area contributed by atoms with Crippen molar-refractivity contribution < 1.29 is 19.5 Å². The van der Waals surface area contributed by atoms with Gasteiger partial charge in [0.2, 0.25) is 0 Å². The monoisotopic (exact) mass is 328 g/mol. The number of carbonyl (C=O) groups excluding carboxylic acids is 3. The number of aromatic hydroxyl groups is 1. The van der Waals surface area contributed by atoms with Crippen molar-refractivity contribution in [1.29, 1.82) is 0 Å². The van der Waals surface area contributed by atoms with Crippen molar-refractivity contribution >= 4 is 17.7 Å². The molecule has 2 N–H and O–H groups in total. The summed E-state index contributed by atoms with van der Waals surface area (Å²) in [6.07, 6.45) is 1.55. The molecule has 1 heterocycles. The van der Waals surface area contributed by atoms with Gasteiger partial charge in [-0.05, 0) is 55.4 Å². The third-order valence-electron chi connectivity index (χ3n) is 6.69. The van der Waals surface area contributed by atoms with Crippen LogP contribution < -0.4 is 5.43 Å². The first-order valence-electron chi connectivity index (χ1n) is 8.17. The molecule has 3 amide bonds. The van der Waals surface area contributed by atoms with Crippen LogP contribution in [0.15, 0.2) is 24.3 Å². The van der Waals surface area contributed by atoms with Crippen LogP contribution in [0.1, 0.15) is 44.0 Å². The molecule has 0 bridgehead atoms. The number of hydrazine groups is 1. The number of phenolic OH excluding ortho intramolecular Hbond substituents is 1. The average molecular weight is 328 g/mol. The Kier molecular flexibility index (Phi) is 2.64. The van der Waals surface area contributed by atoms with Crippen LogP contribution in [0.25, 0.3) is 0 Å².